The van der Waals surface area contributed by atoms with Gasteiger partial charge in [0, 0.05) is 24.0 Å². The van der Waals surface area contributed by atoms with Crippen LogP contribution in [0.4, 0.5) is 13.2 Å². The van der Waals surface area contributed by atoms with Gasteiger partial charge in [-0.25, -0.2) is 4.98 Å². The van der Waals surface area contributed by atoms with E-state index in [4.69, 9.17) is 0 Å². The molecular formula is C15H15F3N2. The molecule has 1 aromatic carbocycles. The molecule has 0 spiro atoms. The molecule has 1 unspecified atom stereocenters. The number of benzene rings is 1. The summed E-state index contributed by atoms with van der Waals surface area (Å²) in [5.74, 6) is 1.22. The van der Waals surface area contributed by atoms with Crippen molar-refractivity contribution in [3.8, 4) is 11.4 Å². The van der Waals surface area contributed by atoms with Gasteiger partial charge in [-0.05, 0) is 30.9 Å². The third-order valence-corrected chi connectivity index (χ3v) is 3.88. The molecule has 1 aliphatic rings. The minimum Gasteiger partial charge on any atom is -0.328 e. The van der Waals surface area contributed by atoms with E-state index in [1.165, 1.54) is 17.8 Å². The second-order valence-electron chi connectivity index (χ2n) is 5.28. The monoisotopic (exact) mass is 280 g/mol. The van der Waals surface area contributed by atoms with Gasteiger partial charge in [0.05, 0.1) is 5.56 Å². The van der Waals surface area contributed by atoms with Gasteiger partial charge in [0.25, 0.3) is 0 Å². The third kappa shape index (κ3) is 2.21. The van der Waals surface area contributed by atoms with E-state index in [-0.39, 0.29) is 0 Å². The van der Waals surface area contributed by atoms with Crippen molar-refractivity contribution in [2.45, 2.75) is 38.4 Å². The highest BCUT2D eigenvalue weighted by Gasteiger charge is 2.30. The number of imidazole rings is 1. The Morgan fingerprint density at radius 3 is 2.55 bits per heavy atom. The average Bonchev–Trinajstić information content (AvgIpc) is 2.83. The van der Waals surface area contributed by atoms with Gasteiger partial charge in [0.15, 0.2) is 0 Å². The molecule has 2 nitrogen and oxygen atoms in total. The van der Waals surface area contributed by atoms with Gasteiger partial charge < -0.3 is 4.57 Å². The molecular weight excluding hydrogens is 265 g/mol. The standard InChI is InChI=1S/C15H15F3N2/c1-10-3-2-8-20-13(10)9-19-14(20)11-4-6-12(7-5-11)15(16,17)18/h4-7,9-10H,2-3,8H2,1H3. The van der Waals surface area contributed by atoms with Crippen molar-refractivity contribution in [1.82, 2.24) is 9.55 Å². The van der Waals surface area contributed by atoms with Crippen molar-refractivity contribution in [3.05, 3.63) is 41.7 Å². The number of alkyl halides is 3. The van der Waals surface area contributed by atoms with E-state index in [0.717, 1.165) is 42.9 Å². The summed E-state index contributed by atoms with van der Waals surface area (Å²) >= 11 is 0. The van der Waals surface area contributed by atoms with Crippen LogP contribution in [-0.2, 0) is 12.7 Å². The van der Waals surface area contributed by atoms with E-state index in [1.807, 2.05) is 6.20 Å². The van der Waals surface area contributed by atoms with Gasteiger partial charge >= 0.3 is 6.18 Å². The number of rotatable bonds is 1. The van der Waals surface area contributed by atoms with Crippen molar-refractivity contribution in [3.63, 3.8) is 0 Å². The summed E-state index contributed by atoms with van der Waals surface area (Å²) in [6, 6.07) is 5.22. The summed E-state index contributed by atoms with van der Waals surface area (Å²) in [7, 11) is 0. The first kappa shape index (κ1) is 13.2. The van der Waals surface area contributed by atoms with Crippen LogP contribution in [0.5, 0.6) is 0 Å². The van der Waals surface area contributed by atoms with Gasteiger partial charge in [-0.1, -0.05) is 19.1 Å². The predicted molar refractivity (Wildman–Crippen MR) is 70.3 cm³/mol. The molecule has 0 saturated carbocycles. The highest BCUT2D eigenvalue weighted by molar-refractivity contribution is 5.57. The van der Waals surface area contributed by atoms with Gasteiger partial charge in [-0.15, -0.1) is 0 Å². The summed E-state index contributed by atoms with van der Waals surface area (Å²) in [5.41, 5.74) is 1.28. The first-order chi connectivity index (χ1) is 9.47. The average molecular weight is 280 g/mol. The summed E-state index contributed by atoms with van der Waals surface area (Å²) in [5, 5.41) is 0. The summed E-state index contributed by atoms with van der Waals surface area (Å²) in [6.45, 7) is 3.04. The molecule has 5 heteroatoms. The van der Waals surface area contributed by atoms with Crippen LogP contribution in [-0.4, -0.2) is 9.55 Å². The Morgan fingerprint density at radius 1 is 1.20 bits per heavy atom. The first-order valence-electron chi connectivity index (χ1n) is 6.70. The molecule has 0 radical (unpaired) electrons. The lowest BCUT2D eigenvalue weighted by Crippen LogP contribution is -2.14. The Morgan fingerprint density at radius 2 is 1.90 bits per heavy atom. The van der Waals surface area contributed by atoms with Crippen LogP contribution in [0, 0.1) is 0 Å². The number of hydrogen-bond donors (Lipinski definition) is 0. The van der Waals surface area contributed by atoms with Gasteiger partial charge in [-0.2, -0.15) is 13.2 Å². The smallest absolute Gasteiger partial charge is 0.328 e. The zero-order chi connectivity index (χ0) is 14.3. The van der Waals surface area contributed by atoms with Gasteiger partial charge in [-0.3, -0.25) is 0 Å². The molecule has 0 amide bonds. The number of fused-ring (bicyclic) bond motifs is 1. The SMILES string of the molecule is CC1CCCn2c1cnc2-c1ccc(C(F)(F)F)cc1. The largest absolute Gasteiger partial charge is 0.416 e. The molecule has 1 atom stereocenters. The Kier molecular flexibility index (Phi) is 3.07. The molecule has 3 rings (SSSR count). The van der Waals surface area contributed by atoms with Crippen LogP contribution in [0.25, 0.3) is 11.4 Å². The molecule has 1 aliphatic heterocycles. The van der Waals surface area contributed by atoms with Crippen molar-refractivity contribution in [1.29, 1.82) is 0 Å². The molecule has 0 bridgehead atoms. The van der Waals surface area contributed by atoms with E-state index in [2.05, 4.69) is 16.5 Å². The fourth-order valence-corrected chi connectivity index (χ4v) is 2.76. The number of hydrogen-bond acceptors (Lipinski definition) is 1. The normalized spacial score (nSPS) is 18.9. The van der Waals surface area contributed by atoms with Crippen LogP contribution >= 0.6 is 0 Å². The van der Waals surface area contributed by atoms with Crippen molar-refractivity contribution in [2.24, 2.45) is 0 Å². The van der Waals surface area contributed by atoms with Crippen LogP contribution < -0.4 is 0 Å². The fraction of sp³-hybridized carbons (Fsp3) is 0.400. The van der Waals surface area contributed by atoms with Crippen LogP contribution in [0.3, 0.4) is 0 Å². The van der Waals surface area contributed by atoms with Crippen LogP contribution in [0.15, 0.2) is 30.5 Å². The predicted octanol–water partition coefficient (Wildman–Crippen LogP) is 4.47. The van der Waals surface area contributed by atoms with E-state index in [0.29, 0.717) is 5.92 Å². The Bertz CT molecular complexity index is 611. The van der Waals surface area contributed by atoms with Crippen molar-refractivity contribution < 1.29 is 13.2 Å². The molecule has 1 aromatic heterocycles. The van der Waals surface area contributed by atoms with Crippen LogP contribution in [0.2, 0.25) is 0 Å². The summed E-state index contributed by atoms with van der Waals surface area (Å²) in [6.07, 6.45) is -0.230. The molecule has 0 saturated heterocycles. The second kappa shape index (κ2) is 4.65. The van der Waals surface area contributed by atoms with E-state index < -0.39 is 11.7 Å². The third-order valence-electron chi connectivity index (χ3n) is 3.88. The van der Waals surface area contributed by atoms with Gasteiger partial charge in [0.1, 0.15) is 5.82 Å². The highest BCUT2D eigenvalue weighted by atomic mass is 19.4. The Balaban J connectivity index is 1.98. The maximum Gasteiger partial charge on any atom is 0.416 e. The first-order valence-corrected chi connectivity index (χ1v) is 6.70. The summed E-state index contributed by atoms with van der Waals surface area (Å²) in [4.78, 5) is 4.39. The topological polar surface area (TPSA) is 17.8 Å². The minimum atomic E-state index is -4.29. The quantitative estimate of drug-likeness (QED) is 0.753. The fourth-order valence-electron chi connectivity index (χ4n) is 2.76. The van der Waals surface area contributed by atoms with E-state index in [1.54, 1.807) is 0 Å². The second-order valence-corrected chi connectivity index (χ2v) is 5.28. The van der Waals surface area contributed by atoms with E-state index >= 15 is 0 Å². The molecule has 106 valence electrons. The molecule has 0 fully saturated rings. The van der Waals surface area contributed by atoms with Crippen molar-refractivity contribution >= 4 is 0 Å². The van der Waals surface area contributed by atoms with Crippen molar-refractivity contribution in [2.75, 3.05) is 0 Å². The zero-order valence-electron chi connectivity index (χ0n) is 11.1. The molecule has 0 N–H and O–H groups in total. The zero-order valence-corrected chi connectivity index (χ0v) is 11.1. The Hall–Kier alpha value is -1.78. The summed E-state index contributed by atoms with van der Waals surface area (Å²) < 4.78 is 39.8. The minimum absolute atomic E-state index is 0.458. The van der Waals surface area contributed by atoms with Gasteiger partial charge in [0.2, 0.25) is 0 Å². The van der Waals surface area contributed by atoms with E-state index in [9.17, 15) is 13.2 Å². The molecule has 0 aliphatic carbocycles. The molecule has 2 heterocycles. The number of nitrogens with zero attached hydrogens (tertiary/aromatic N) is 2. The molecule has 2 aromatic rings. The number of halogens is 3. The Labute approximate surface area is 115 Å². The molecule has 20 heavy (non-hydrogen) atoms. The lowest BCUT2D eigenvalue weighted by molar-refractivity contribution is -0.137. The maximum atomic E-state index is 12.6. The maximum absolute atomic E-state index is 12.6. The highest BCUT2D eigenvalue weighted by Crippen LogP contribution is 2.33. The number of aromatic nitrogens is 2. The lowest BCUT2D eigenvalue weighted by atomic mass is 9.98. The van der Waals surface area contributed by atoms with Crippen LogP contribution in [0.1, 0.15) is 36.9 Å². The lowest BCUT2D eigenvalue weighted by Gasteiger charge is -2.22.